The highest BCUT2D eigenvalue weighted by molar-refractivity contribution is 6.03. The second-order valence-corrected chi connectivity index (χ2v) is 6.24. The minimum atomic E-state index is -0.503. The lowest BCUT2D eigenvalue weighted by molar-refractivity contribution is 0.0600. The van der Waals surface area contributed by atoms with Crippen LogP contribution in [0.2, 0.25) is 0 Å². The summed E-state index contributed by atoms with van der Waals surface area (Å²) in [5.41, 5.74) is 1.31. The molecule has 1 amide bonds. The number of carbonyl (C=O) groups is 2. The zero-order chi connectivity index (χ0) is 21.5. The van der Waals surface area contributed by atoms with Crippen molar-refractivity contribution in [2.45, 2.75) is 6.61 Å². The second kappa shape index (κ2) is 9.42. The number of esters is 1. The lowest BCUT2D eigenvalue weighted by atomic mass is 10.2. The molecule has 0 spiro atoms. The molecule has 154 valence electrons. The molecule has 0 saturated heterocycles. The number of hydrogen-bond donors (Lipinski definition) is 2. The highest BCUT2D eigenvalue weighted by atomic mass is 16.5. The summed E-state index contributed by atoms with van der Waals surface area (Å²) in [6.45, 7) is 0.179. The van der Waals surface area contributed by atoms with E-state index in [2.05, 4.69) is 15.0 Å². The first-order valence-electron chi connectivity index (χ1n) is 8.98. The number of benzene rings is 2. The van der Waals surface area contributed by atoms with E-state index >= 15 is 0 Å². The highest BCUT2D eigenvalue weighted by Crippen LogP contribution is 2.15. The van der Waals surface area contributed by atoms with Crippen LogP contribution in [0.15, 0.2) is 65.6 Å². The number of amides is 1. The Balaban J connectivity index is 1.64. The van der Waals surface area contributed by atoms with Gasteiger partial charge in [0.2, 0.25) is 5.43 Å². The van der Waals surface area contributed by atoms with Crippen molar-refractivity contribution in [3.8, 4) is 11.5 Å². The first kappa shape index (κ1) is 20.7. The van der Waals surface area contributed by atoms with E-state index in [1.54, 1.807) is 19.2 Å². The molecule has 0 aliphatic rings. The van der Waals surface area contributed by atoms with E-state index in [1.807, 2.05) is 24.3 Å². The van der Waals surface area contributed by atoms with Crippen LogP contribution in [0, 0.1) is 0 Å². The van der Waals surface area contributed by atoms with Gasteiger partial charge in [-0.25, -0.2) is 4.79 Å². The molecule has 8 nitrogen and oxygen atoms in total. The summed E-state index contributed by atoms with van der Waals surface area (Å²) < 4.78 is 15.3. The molecule has 1 aromatic heterocycles. The largest absolute Gasteiger partial charge is 0.497 e. The van der Waals surface area contributed by atoms with Gasteiger partial charge in [-0.3, -0.25) is 9.59 Å². The van der Waals surface area contributed by atoms with Crippen LogP contribution in [-0.4, -0.2) is 31.1 Å². The predicted octanol–water partition coefficient (Wildman–Crippen LogP) is 3.00. The highest BCUT2D eigenvalue weighted by Gasteiger charge is 2.11. The Hall–Kier alpha value is -4.07. The normalized spacial score (nSPS) is 10.2. The molecular formula is C22H20N2O6. The minimum absolute atomic E-state index is 0.0748. The molecule has 30 heavy (non-hydrogen) atoms. The summed E-state index contributed by atoms with van der Waals surface area (Å²) in [6.07, 6.45) is 1.35. The first-order valence-corrected chi connectivity index (χ1v) is 8.98. The third kappa shape index (κ3) is 5.05. The third-order valence-corrected chi connectivity index (χ3v) is 4.21. The van der Waals surface area contributed by atoms with Crippen molar-refractivity contribution >= 4 is 17.6 Å². The number of hydrogen-bond acceptors (Lipinski definition) is 6. The van der Waals surface area contributed by atoms with Gasteiger partial charge in [0.25, 0.3) is 5.91 Å². The maximum absolute atomic E-state index is 12.4. The van der Waals surface area contributed by atoms with Gasteiger partial charge in [-0.05, 0) is 42.0 Å². The van der Waals surface area contributed by atoms with Gasteiger partial charge in [0.1, 0.15) is 18.1 Å². The van der Waals surface area contributed by atoms with Gasteiger partial charge in [0, 0.05) is 18.0 Å². The van der Waals surface area contributed by atoms with Crippen molar-refractivity contribution in [1.29, 1.82) is 0 Å². The second-order valence-electron chi connectivity index (χ2n) is 6.24. The maximum atomic E-state index is 12.4. The number of rotatable bonds is 7. The molecule has 0 unspecified atom stereocenters. The van der Waals surface area contributed by atoms with Gasteiger partial charge < -0.3 is 24.5 Å². The minimum Gasteiger partial charge on any atom is -0.497 e. The molecule has 2 N–H and O–H groups in total. The summed E-state index contributed by atoms with van der Waals surface area (Å²) in [7, 11) is 2.86. The van der Waals surface area contributed by atoms with Crippen molar-refractivity contribution in [3.05, 3.63) is 87.8 Å². The van der Waals surface area contributed by atoms with Crippen LogP contribution in [0.25, 0.3) is 0 Å². The van der Waals surface area contributed by atoms with Gasteiger partial charge in [0.05, 0.1) is 19.8 Å². The van der Waals surface area contributed by atoms with E-state index in [1.165, 1.54) is 31.5 Å². The SMILES string of the molecule is COC(=O)c1ccc(NC(=O)c2cc(=O)c(OCc3cccc(OC)c3)c[nH]2)cc1. The lowest BCUT2D eigenvalue weighted by Gasteiger charge is -2.09. The fourth-order valence-corrected chi connectivity index (χ4v) is 2.63. The van der Waals surface area contributed by atoms with Crippen LogP contribution in [0.3, 0.4) is 0 Å². The van der Waals surface area contributed by atoms with Gasteiger partial charge in [-0.2, -0.15) is 0 Å². The summed E-state index contributed by atoms with van der Waals surface area (Å²) in [4.78, 5) is 38.9. The molecule has 8 heteroatoms. The van der Waals surface area contributed by atoms with E-state index < -0.39 is 17.3 Å². The quantitative estimate of drug-likeness (QED) is 0.582. The summed E-state index contributed by atoms with van der Waals surface area (Å²) in [6, 6.07) is 14.6. The van der Waals surface area contributed by atoms with Crippen LogP contribution in [0.5, 0.6) is 11.5 Å². The number of pyridine rings is 1. The predicted molar refractivity (Wildman–Crippen MR) is 110 cm³/mol. The Bertz CT molecular complexity index is 1110. The molecule has 3 rings (SSSR count). The number of aromatic amines is 1. The van der Waals surface area contributed by atoms with Crippen LogP contribution in [0.4, 0.5) is 5.69 Å². The first-order chi connectivity index (χ1) is 14.5. The summed E-state index contributed by atoms with van der Waals surface area (Å²) in [5, 5.41) is 2.64. The Morgan fingerprint density at radius 1 is 1.03 bits per heavy atom. The van der Waals surface area contributed by atoms with Crippen molar-refractivity contribution in [3.63, 3.8) is 0 Å². The number of nitrogens with one attached hydrogen (secondary N) is 2. The number of ether oxygens (including phenoxy) is 3. The third-order valence-electron chi connectivity index (χ3n) is 4.21. The summed E-state index contributed by atoms with van der Waals surface area (Å²) in [5.74, 6) is -0.188. The fraction of sp³-hybridized carbons (Fsp3) is 0.136. The Morgan fingerprint density at radius 2 is 1.80 bits per heavy atom. The number of methoxy groups -OCH3 is 2. The molecular weight excluding hydrogens is 388 g/mol. The van der Waals surface area contributed by atoms with Crippen molar-refractivity contribution < 1.29 is 23.8 Å². The smallest absolute Gasteiger partial charge is 0.337 e. The van der Waals surface area contributed by atoms with E-state index in [0.717, 1.165) is 5.56 Å². The average Bonchev–Trinajstić information content (AvgIpc) is 2.78. The van der Waals surface area contributed by atoms with Crippen molar-refractivity contribution in [1.82, 2.24) is 4.98 Å². The van der Waals surface area contributed by atoms with Crippen LogP contribution in [-0.2, 0) is 11.3 Å². The number of aromatic nitrogens is 1. The fourth-order valence-electron chi connectivity index (χ4n) is 2.63. The number of carbonyl (C=O) groups excluding carboxylic acids is 2. The zero-order valence-electron chi connectivity index (χ0n) is 16.4. The lowest BCUT2D eigenvalue weighted by Crippen LogP contribution is -2.18. The topological polar surface area (TPSA) is 107 Å². The molecule has 0 atom stereocenters. The molecule has 0 bridgehead atoms. The molecule has 3 aromatic rings. The van der Waals surface area contributed by atoms with E-state index in [0.29, 0.717) is 17.0 Å². The summed E-state index contributed by atoms with van der Waals surface area (Å²) >= 11 is 0. The van der Waals surface area contributed by atoms with Crippen LogP contribution < -0.4 is 20.2 Å². The van der Waals surface area contributed by atoms with Crippen LogP contribution >= 0.6 is 0 Å². The molecule has 0 aliphatic carbocycles. The van der Waals surface area contributed by atoms with Crippen molar-refractivity contribution in [2.24, 2.45) is 0 Å². The molecule has 0 radical (unpaired) electrons. The standard InChI is InChI=1S/C22H20N2O6/c1-28-17-5-3-4-14(10-17)13-30-20-12-23-18(11-19(20)25)21(26)24-16-8-6-15(7-9-16)22(27)29-2/h3-12H,13H2,1-2H3,(H,23,25)(H,24,26). The molecule has 2 aromatic carbocycles. The van der Waals surface area contributed by atoms with Gasteiger partial charge in [-0.1, -0.05) is 12.1 Å². The van der Waals surface area contributed by atoms with Gasteiger partial charge in [0.15, 0.2) is 5.75 Å². The van der Waals surface area contributed by atoms with E-state index in [-0.39, 0.29) is 18.1 Å². The van der Waals surface area contributed by atoms with Crippen LogP contribution in [0.1, 0.15) is 26.4 Å². The Kier molecular flexibility index (Phi) is 6.49. The average molecular weight is 408 g/mol. The monoisotopic (exact) mass is 408 g/mol. The zero-order valence-corrected chi connectivity index (χ0v) is 16.4. The molecule has 0 fully saturated rings. The maximum Gasteiger partial charge on any atom is 0.337 e. The van der Waals surface area contributed by atoms with E-state index in [9.17, 15) is 14.4 Å². The van der Waals surface area contributed by atoms with Gasteiger partial charge in [-0.15, -0.1) is 0 Å². The molecule has 0 saturated carbocycles. The molecule has 0 aliphatic heterocycles. The molecule has 1 heterocycles. The Morgan fingerprint density at radius 3 is 2.47 bits per heavy atom. The number of H-pyrrole nitrogens is 1. The van der Waals surface area contributed by atoms with Gasteiger partial charge >= 0.3 is 5.97 Å². The van der Waals surface area contributed by atoms with E-state index in [4.69, 9.17) is 9.47 Å². The Labute approximate surface area is 172 Å². The number of anilines is 1. The van der Waals surface area contributed by atoms with Crippen molar-refractivity contribution in [2.75, 3.05) is 19.5 Å².